The molecule has 10 nitrogen and oxygen atoms in total. The fourth-order valence-corrected chi connectivity index (χ4v) is 6.63. The number of rotatable bonds is 9. The van der Waals surface area contributed by atoms with E-state index in [1.54, 1.807) is 43.0 Å². The van der Waals surface area contributed by atoms with Crippen molar-refractivity contribution in [1.29, 1.82) is 0 Å². The number of methoxy groups -OCH3 is 1. The fourth-order valence-electron chi connectivity index (χ4n) is 5.24. The molecule has 1 atom stereocenters. The Morgan fingerprint density at radius 2 is 1.87 bits per heavy atom. The summed E-state index contributed by atoms with van der Waals surface area (Å²) in [5.74, 6) is 0.524. The average Bonchev–Trinajstić information content (AvgIpc) is 3.67. The van der Waals surface area contributed by atoms with Crippen LogP contribution in [-0.2, 0) is 9.53 Å². The van der Waals surface area contributed by atoms with Gasteiger partial charge in [-0.05, 0) is 49.1 Å². The van der Waals surface area contributed by atoms with E-state index < -0.39 is 16.9 Å². The topological polar surface area (TPSA) is 126 Å². The van der Waals surface area contributed by atoms with E-state index in [1.807, 2.05) is 60.9 Å². The third-order valence-corrected chi connectivity index (χ3v) is 9.09. The van der Waals surface area contributed by atoms with Gasteiger partial charge in [0.05, 0.1) is 52.1 Å². The van der Waals surface area contributed by atoms with Crippen LogP contribution in [0.3, 0.4) is 0 Å². The molecule has 0 amide bonds. The Bertz CT molecular complexity index is 2160. The van der Waals surface area contributed by atoms with E-state index in [0.717, 1.165) is 16.0 Å². The van der Waals surface area contributed by atoms with E-state index in [4.69, 9.17) is 18.9 Å². The Hall–Kier alpha value is -5.20. The van der Waals surface area contributed by atoms with Crippen LogP contribution in [0.4, 0.5) is 5.69 Å². The second-order valence-corrected chi connectivity index (χ2v) is 11.9. The van der Waals surface area contributed by atoms with Gasteiger partial charge in [0, 0.05) is 22.6 Å². The molecule has 0 fully saturated rings. The van der Waals surface area contributed by atoms with Crippen molar-refractivity contribution < 1.29 is 23.6 Å². The van der Waals surface area contributed by atoms with Gasteiger partial charge in [0.15, 0.2) is 4.80 Å². The molecule has 0 bridgehead atoms. The third kappa shape index (κ3) is 5.80. The zero-order chi connectivity index (χ0) is 32.4. The molecule has 0 saturated carbocycles. The van der Waals surface area contributed by atoms with E-state index >= 15 is 0 Å². The molecule has 3 heterocycles. The standard InChI is InChI=1S/C34H27N3O7S2/c1-4-43-33(39)29-30(20-8-6-5-7-9-20)35-34-36(31(29)21-10-14-24(45-3)15-11-21)32(38)28(46-34)19-23-13-17-26(44-23)25-16-12-22(37(40)41)18-27(25)42-2/h5-19,31H,4H2,1-3H3/b28-19-/t31-/m0/s1. The van der Waals surface area contributed by atoms with Crippen molar-refractivity contribution in [3.05, 3.63) is 137 Å². The summed E-state index contributed by atoms with van der Waals surface area (Å²) in [5, 5.41) is 11.2. The summed E-state index contributed by atoms with van der Waals surface area (Å²) in [6, 6.07) is 24.0. The first-order chi connectivity index (χ1) is 22.3. The Labute approximate surface area is 271 Å². The molecule has 1 aliphatic heterocycles. The van der Waals surface area contributed by atoms with Crippen LogP contribution >= 0.6 is 23.1 Å². The highest BCUT2D eigenvalue weighted by Crippen LogP contribution is 2.36. The molecule has 12 heteroatoms. The average molecular weight is 654 g/mol. The summed E-state index contributed by atoms with van der Waals surface area (Å²) in [6.45, 7) is 1.90. The van der Waals surface area contributed by atoms with Crippen molar-refractivity contribution in [1.82, 2.24) is 4.57 Å². The second kappa shape index (κ2) is 13.0. The summed E-state index contributed by atoms with van der Waals surface area (Å²) in [4.78, 5) is 44.8. The number of esters is 1. The van der Waals surface area contributed by atoms with Gasteiger partial charge < -0.3 is 13.9 Å². The number of carbonyl (C=O) groups is 1. The zero-order valence-electron chi connectivity index (χ0n) is 25.0. The van der Waals surface area contributed by atoms with E-state index in [2.05, 4.69) is 0 Å². The van der Waals surface area contributed by atoms with Crippen molar-refractivity contribution in [3.8, 4) is 17.1 Å². The lowest BCUT2D eigenvalue weighted by Gasteiger charge is -2.26. The number of thioether (sulfide) groups is 1. The van der Waals surface area contributed by atoms with Gasteiger partial charge in [-0.2, -0.15) is 0 Å². The largest absolute Gasteiger partial charge is 0.496 e. The number of hydrogen-bond acceptors (Lipinski definition) is 10. The number of non-ortho nitro benzene ring substituents is 1. The highest BCUT2D eigenvalue weighted by molar-refractivity contribution is 7.98. The van der Waals surface area contributed by atoms with Crippen molar-refractivity contribution >= 4 is 46.5 Å². The highest BCUT2D eigenvalue weighted by Gasteiger charge is 2.35. The van der Waals surface area contributed by atoms with Crippen molar-refractivity contribution in [2.45, 2.75) is 17.9 Å². The molecule has 0 saturated heterocycles. The van der Waals surface area contributed by atoms with Crippen LogP contribution in [0.25, 0.3) is 23.1 Å². The molecule has 6 rings (SSSR count). The Morgan fingerprint density at radius 1 is 1.11 bits per heavy atom. The number of nitro benzene ring substituents is 1. The number of fused-ring (bicyclic) bond motifs is 1. The maximum absolute atomic E-state index is 14.2. The maximum Gasteiger partial charge on any atom is 0.338 e. The smallest absolute Gasteiger partial charge is 0.338 e. The number of nitrogens with zero attached hydrogens (tertiary/aromatic N) is 3. The summed E-state index contributed by atoms with van der Waals surface area (Å²) in [6.07, 6.45) is 3.60. The normalized spacial score (nSPS) is 14.5. The van der Waals surface area contributed by atoms with Gasteiger partial charge in [-0.1, -0.05) is 53.8 Å². The van der Waals surface area contributed by atoms with Crippen LogP contribution in [-0.4, -0.2) is 35.4 Å². The van der Waals surface area contributed by atoms with Crippen LogP contribution in [0.5, 0.6) is 5.75 Å². The quantitative estimate of drug-likeness (QED) is 0.0842. The predicted molar refractivity (Wildman–Crippen MR) is 177 cm³/mol. The molecule has 0 spiro atoms. The Kier molecular flexibility index (Phi) is 8.73. The number of furan rings is 1. The number of hydrogen-bond donors (Lipinski definition) is 0. The predicted octanol–water partition coefficient (Wildman–Crippen LogP) is 5.83. The minimum Gasteiger partial charge on any atom is -0.496 e. The molecule has 0 radical (unpaired) electrons. The zero-order valence-corrected chi connectivity index (χ0v) is 26.6. The molecule has 0 aliphatic carbocycles. The number of benzene rings is 3. The van der Waals surface area contributed by atoms with Gasteiger partial charge in [-0.25, -0.2) is 9.79 Å². The number of nitro groups is 1. The molecule has 5 aromatic rings. The minimum atomic E-state index is -0.792. The van der Waals surface area contributed by atoms with E-state index in [9.17, 15) is 19.7 Å². The fraction of sp³-hybridized carbons (Fsp3) is 0.147. The highest BCUT2D eigenvalue weighted by atomic mass is 32.2. The second-order valence-electron chi connectivity index (χ2n) is 10.0. The van der Waals surface area contributed by atoms with Crippen LogP contribution in [0.2, 0.25) is 0 Å². The number of thiazole rings is 1. The van der Waals surface area contributed by atoms with E-state index in [1.165, 1.54) is 35.1 Å². The van der Waals surface area contributed by atoms with Crippen LogP contribution in [0.15, 0.2) is 110 Å². The lowest BCUT2D eigenvalue weighted by molar-refractivity contribution is -0.384. The van der Waals surface area contributed by atoms with E-state index in [0.29, 0.717) is 32.1 Å². The molecule has 46 heavy (non-hydrogen) atoms. The Morgan fingerprint density at radius 3 is 2.54 bits per heavy atom. The van der Waals surface area contributed by atoms with Crippen molar-refractivity contribution in [2.75, 3.05) is 20.0 Å². The van der Waals surface area contributed by atoms with E-state index in [-0.39, 0.29) is 29.2 Å². The molecular formula is C34H27N3O7S2. The lowest BCUT2D eigenvalue weighted by Crippen LogP contribution is -2.40. The summed E-state index contributed by atoms with van der Waals surface area (Å²) >= 11 is 2.78. The van der Waals surface area contributed by atoms with Gasteiger partial charge in [-0.15, -0.1) is 11.8 Å². The summed E-state index contributed by atoms with van der Waals surface area (Å²) in [7, 11) is 1.42. The first kappa shape index (κ1) is 30.8. The van der Waals surface area contributed by atoms with Gasteiger partial charge >= 0.3 is 5.97 Å². The Balaban J connectivity index is 1.52. The summed E-state index contributed by atoms with van der Waals surface area (Å²) < 4.78 is 18.8. The van der Waals surface area contributed by atoms with Crippen molar-refractivity contribution in [3.63, 3.8) is 0 Å². The van der Waals surface area contributed by atoms with Crippen LogP contribution in [0, 0.1) is 10.1 Å². The molecule has 3 aromatic carbocycles. The molecule has 0 unspecified atom stereocenters. The van der Waals surface area contributed by atoms with Crippen molar-refractivity contribution in [2.24, 2.45) is 4.99 Å². The first-order valence-corrected chi connectivity index (χ1v) is 16.2. The minimum absolute atomic E-state index is 0.108. The monoisotopic (exact) mass is 653 g/mol. The third-order valence-electron chi connectivity index (χ3n) is 7.37. The maximum atomic E-state index is 14.2. The number of aromatic nitrogens is 1. The number of carbonyl (C=O) groups excluding carboxylic acids is 1. The van der Waals surface area contributed by atoms with Crippen LogP contribution in [0.1, 0.15) is 29.9 Å². The number of ether oxygens (including phenoxy) is 2. The molecular weight excluding hydrogens is 627 g/mol. The van der Waals surface area contributed by atoms with Crippen LogP contribution < -0.4 is 19.6 Å². The SMILES string of the molecule is CCOC(=O)C1=C(c2ccccc2)N=c2s/c(=C\c3ccc(-c4ccc([N+](=O)[O-])cc4OC)o3)c(=O)n2[C@H]1c1ccc(SC)cc1. The molecule has 232 valence electrons. The van der Waals surface area contributed by atoms with Gasteiger partial charge in [-0.3, -0.25) is 19.5 Å². The van der Waals surface area contributed by atoms with Gasteiger partial charge in [0.25, 0.3) is 11.2 Å². The molecule has 0 N–H and O–H groups in total. The lowest BCUT2D eigenvalue weighted by atomic mass is 9.93. The van der Waals surface area contributed by atoms with Gasteiger partial charge in [0.1, 0.15) is 17.3 Å². The first-order valence-electron chi connectivity index (χ1n) is 14.2. The summed E-state index contributed by atoms with van der Waals surface area (Å²) in [5.41, 5.74) is 2.25. The molecule has 2 aromatic heterocycles. The molecule has 1 aliphatic rings. The van der Waals surface area contributed by atoms with Gasteiger partial charge in [0.2, 0.25) is 0 Å².